The third kappa shape index (κ3) is 6.06. The summed E-state index contributed by atoms with van der Waals surface area (Å²) in [6.45, 7) is 12.1. The summed E-state index contributed by atoms with van der Waals surface area (Å²) in [5.74, 6) is 0.711. The van der Waals surface area contributed by atoms with E-state index in [4.69, 9.17) is 0 Å². The number of hydrogen-bond acceptors (Lipinski definition) is 2. The van der Waals surface area contributed by atoms with Crippen LogP contribution in [0.25, 0.3) is 0 Å². The van der Waals surface area contributed by atoms with E-state index in [0.29, 0.717) is 12.0 Å². The first kappa shape index (κ1) is 17.2. The molecular formula is C18H32N2. The molecule has 0 atom stereocenters. The SMILES string of the molecule is CCC(CC)N(C)Cc1ccc(CNCC(C)C)cc1. The number of hydrogen-bond donors (Lipinski definition) is 1. The number of nitrogens with zero attached hydrogens (tertiary/aromatic N) is 1. The van der Waals surface area contributed by atoms with Gasteiger partial charge in [-0.15, -0.1) is 0 Å². The maximum Gasteiger partial charge on any atom is 0.0233 e. The molecular weight excluding hydrogens is 244 g/mol. The molecule has 20 heavy (non-hydrogen) atoms. The van der Waals surface area contributed by atoms with Gasteiger partial charge >= 0.3 is 0 Å². The Morgan fingerprint density at radius 3 is 2.05 bits per heavy atom. The van der Waals surface area contributed by atoms with Gasteiger partial charge in [-0.05, 0) is 43.5 Å². The van der Waals surface area contributed by atoms with Crippen molar-refractivity contribution in [2.75, 3.05) is 13.6 Å². The number of benzene rings is 1. The van der Waals surface area contributed by atoms with Crippen molar-refractivity contribution in [1.29, 1.82) is 0 Å². The summed E-state index contributed by atoms with van der Waals surface area (Å²) in [7, 11) is 2.23. The normalized spacial score (nSPS) is 11.8. The Hall–Kier alpha value is -0.860. The van der Waals surface area contributed by atoms with Crippen molar-refractivity contribution >= 4 is 0 Å². The summed E-state index contributed by atoms with van der Waals surface area (Å²) in [5.41, 5.74) is 2.78. The van der Waals surface area contributed by atoms with Gasteiger partial charge in [0.05, 0.1) is 0 Å². The van der Waals surface area contributed by atoms with E-state index in [9.17, 15) is 0 Å². The number of nitrogens with one attached hydrogen (secondary N) is 1. The van der Waals surface area contributed by atoms with Gasteiger partial charge in [0.1, 0.15) is 0 Å². The van der Waals surface area contributed by atoms with Crippen LogP contribution in [0.15, 0.2) is 24.3 Å². The van der Waals surface area contributed by atoms with Gasteiger partial charge < -0.3 is 5.32 Å². The van der Waals surface area contributed by atoms with Crippen LogP contribution in [-0.4, -0.2) is 24.5 Å². The molecule has 0 bridgehead atoms. The molecule has 0 saturated carbocycles. The van der Waals surface area contributed by atoms with E-state index in [1.165, 1.54) is 24.0 Å². The fraction of sp³-hybridized carbons (Fsp3) is 0.667. The topological polar surface area (TPSA) is 15.3 Å². The van der Waals surface area contributed by atoms with Crippen LogP contribution in [0, 0.1) is 5.92 Å². The summed E-state index contributed by atoms with van der Waals surface area (Å²) < 4.78 is 0. The van der Waals surface area contributed by atoms with E-state index in [-0.39, 0.29) is 0 Å². The minimum atomic E-state index is 0.697. The van der Waals surface area contributed by atoms with E-state index >= 15 is 0 Å². The van der Waals surface area contributed by atoms with Gasteiger partial charge in [0.15, 0.2) is 0 Å². The third-order valence-corrected chi connectivity index (χ3v) is 3.90. The molecule has 1 N–H and O–H groups in total. The summed E-state index contributed by atoms with van der Waals surface area (Å²) in [4.78, 5) is 2.46. The number of rotatable bonds is 9. The highest BCUT2D eigenvalue weighted by Crippen LogP contribution is 2.12. The van der Waals surface area contributed by atoms with Gasteiger partial charge in [-0.2, -0.15) is 0 Å². The molecule has 114 valence electrons. The Kier molecular flexibility index (Phi) is 7.86. The molecule has 0 aliphatic heterocycles. The summed E-state index contributed by atoms with van der Waals surface area (Å²) >= 11 is 0. The van der Waals surface area contributed by atoms with Gasteiger partial charge in [0.2, 0.25) is 0 Å². The van der Waals surface area contributed by atoms with Crippen molar-refractivity contribution in [1.82, 2.24) is 10.2 Å². The zero-order valence-corrected chi connectivity index (χ0v) is 13.9. The molecule has 1 aromatic rings. The van der Waals surface area contributed by atoms with E-state index in [1.54, 1.807) is 0 Å². The molecule has 0 aromatic heterocycles. The first-order valence-electron chi connectivity index (χ1n) is 8.05. The van der Waals surface area contributed by atoms with Crippen molar-refractivity contribution in [2.45, 2.75) is 59.7 Å². The molecule has 0 aliphatic carbocycles. The second-order valence-corrected chi connectivity index (χ2v) is 6.23. The lowest BCUT2D eigenvalue weighted by Crippen LogP contribution is -2.29. The van der Waals surface area contributed by atoms with Crippen LogP contribution in [0.2, 0.25) is 0 Å². The Labute approximate surface area is 125 Å². The van der Waals surface area contributed by atoms with Gasteiger partial charge in [-0.25, -0.2) is 0 Å². The van der Waals surface area contributed by atoms with Gasteiger partial charge in [-0.3, -0.25) is 4.90 Å². The molecule has 0 radical (unpaired) electrons. The Balaban J connectivity index is 2.45. The van der Waals surface area contributed by atoms with E-state index in [1.807, 2.05) is 0 Å². The summed E-state index contributed by atoms with van der Waals surface area (Å²) in [6, 6.07) is 9.74. The first-order valence-corrected chi connectivity index (χ1v) is 8.05. The van der Waals surface area contributed by atoms with Gasteiger partial charge in [0, 0.05) is 19.1 Å². The van der Waals surface area contributed by atoms with Crippen LogP contribution >= 0.6 is 0 Å². The maximum atomic E-state index is 3.49. The first-order chi connectivity index (χ1) is 9.56. The standard InChI is InChI=1S/C18H32N2/c1-6-18(7-2)20(5)14-17-10-8-16(9-11-17)13-19-12-15(3)4/h8-11,15,18-19H,6-7,12-14H2,1-5H3. The van der Waals surface area contributed by atoms with Gasteiger partial charge in [0.25, 0.3) is 0 Å². The van der Waals surface area contributed by atoms with Crippen LogP contribution in [-0.2, 0) is 13.1 Å². The molecule has 0 fully saturated rings. The molecule has 0 saturated heterocycles. The van der Waals surface area contributed by atoms with Crippen molar-refractivity contribution in [3.63, 3.8) is 0 Å². The van der Waals surface area contributed by atoms with E-state index in [0.717, 1.165) is 19.6 Å². The van der Waals surface area contributed by atoms with E-state index < -0.39 is 0 Å². The lowest BCUT2D eigenvalue weighted by molar-refractivity contribution is 0.222. The monoisotopic (exact) mass is 276 g/mol. The van der Waals surface area contributed by atoms with Crippen LogP contribution in [0.3, 0.4) is 0 Å². The van der Waals surface area contributed by atoms with Crippen molar-refractivity contribution in [3.8, 4) is 0 Å². The molecule has 1 rings (SSSR count). The smallest absolute Gasteiger partial charge is 0.0233 e. The zero-order chi connectivity index (χ0) is 15.0. The van der Waals surface area contributed by atoms with E-state index in [2.05, 4.69) is 69.2 Å². The lowest BCUT2D eigenvalue weighted by atomic mass is 10.1. The van der Waals surface area contributed by atoms with Crippen molar-refractivity contribution in [2.24, 2.45) is 5.92 Å². The predicted molar refractivity (Wildman–Crippen MR) is 88.8 cm³/mol. The molecule has 0 spiro atoms. The Morgan fingerprint density at radius 2 is 1.55 bits per heavy atom. The van der Waals surface area contributed by atoms with Crippen LogP contribution < -0.4 is 5.32 Å². The average molecular weight is 276 g/mol. The minimum absolute atomic E-state index is 0.697. The maximum absolute atomic E-state index is 3.49. The van der Waals surface area contributed by atoms with Crippen LogP contribution in [0.5, 0.6) is 0 Å². The minimum Gasteiger partial charge on any atom is -0.312 e. The highest BCUT2D eigenvalue weighted by Gasteiger charge is 2.10. The molecule has 2 nitrogen and oxygen atoms in total. The third-order valence-electron chi connectivity index (χ3n) is 3.90. The zero-order valence-electron chi connectivity index (χ0n) is 13.9. The molecule has 2 heteroatoms. The van der Waals surface area contributed by atoms with Gasteiger partial charge in [-0.1, -0.05) is 52.0 Å². The summed E-state index contributed by atoms with van der Waals surface area (Å²) in [5, 5.41) is 3.49. The lowest BCUT2D eigenvalue weighted by Gasteiger charge is -2.26. The predicted octanol–water partition coefficient (Wildman–Crippen LogP) is 4.05. The Bertz CT molecular complexity index is 352. The molecule has 1 aromatic carbocycles. The molecule has 0 aliphatic rings. The largest absolute Gasteiger partial charge is 0.312 e. The highest BCUT2D eigenvalue weighted by atomic mass is 15.1. The molecule has 0 unspecified atom stereocenters. The van der Waals surface area contributed by atoms with Crippen molar-refractivity contribution < 1.29 is 0 Å². The molecule has 0 amide bonds. The fourth-order valence-electron chi connectivity index (χ4n) is 2.60. The molecule has 0 heterocycles. The quantitative estimate of drug-likeness (QED) is 0.732. The highest BCUT2D eigenvalue weighted by molar-refractivity contribution is 5.22. The second-order valence-electron chi connectivity index (χ2n) is 6.23. The fourth-order valence-corrected chi connectivity index (χ4v) is 2.60. The summed E-state index contributed by atoms with van der Waals surface area (Å²) in [6.07, 6.45) is 2.45. The van der Waals surface area contributed by atoms with Crippen molar-refractivity contribution in [3.05, 3.63) is 35.4 Å². The Morgan fingerprint density at radius 1 is 1.00 bits per heavy atom. The second kappa shape index (κ2) is 9.15. The van der Waals surface area contributed by atoms with Crippen LogP contribution in [0.1, 0.15) is 51.7 Å². The van der Waals surface area contributed by atoms with Crippen LogP contribution in [0.4, 0.5) is 0 Å². The average Bonchev–Trinajstić information content (AvgIpc) is 2.42.